The van der Waals surface area contributed by atoms with Crippen LogP contribution in [0, 0.1) is 0 Å². The normalized spacial score (nSPS) is 12.4. The summed E-state index contributed by atoms with van der Waals surface area (Å²) < 4.78 is 49.9. The van der Waals surface area contributed by atoms with E-state index in [2.05, 4.69) is 10.3 Å². The molecule has 0 bridgehead atoms. The minimum Gasteiger partial charge on any atom is -0.308 e. The number of nitrogens with one attached hydrogen (secondary N) is 2. The molecule has 2 N–H and O–H groups in total. The van der Waals surface area contributed by atoms with Crippen LogP contribution in [0.1, 0.15) is 30.9 Å². The Morgan fingerprint density at radius 3 is 1.84 bits per heavy atom. The number of hydrogen-bond donors (Lipinski definition) is 2. The van der Waals surface area contributed by atoms with Gasteiger partial charge in [0.1, 0.15) is 0 Å². The van der Waals surface area contributed by atoms with Crippen LogP contribution in [-0.4, -0.2) is 16.8 Å². The summed E-state index contributed by atoms with van der Waals surface area (Å²) in [5.74, 6) is 0.313. The molecule has 0 aliphatic heterocycles. The summed E-state index contributed by atoms with van der Waals surface area (Å²) in [5, 5.41) is 1.05. The Kier molecular flexibility index (Phi) is 6.94. The smallest absolute Gasteiger partial charge is 0.250 e. The zero-order chi connectivity index (χ0) is 22.5. The fraction of sp³-hybridized carbons (Fsp3) is 0.130. The number of hydrogen-bond acceptors (Lipinski definition) is 5. The van der Waals surface area contributed by atoms with E-state index in [1.54, 1.807) is 24.3 Å². The van der Waals surface area contributed by atoms with Crippen molar-refractivity contribution >= 4 is 31.6 Å². The first-order valence-corrected chi connectivity index (χ1v) is 12.7. The van der Waals surface area contributed by atoms with Crippen LogP contribution in [0.25, 0.3) is 6.08 Å². The van der Waals surface area contributed by atoms with Crippen molar-refractivity contribution in [2.45, 2.75) is 29.6 Å². The second-order valence-electron chi connectivity index (χ2n) is 7.24. The van der Waals surface area contributed by atoms with Gasteiger partial charge in [-0.05, 0) is 59.5 Å². The van der Waals surface area contributed by atoms with Gasteiger partial charge in [-0.15, -0.1) is 4.83 Å². The monoisotopic (exact) mass is 456 g/mol. The molecule has 0 aromatic heterocycles. The number of sulfonamides is 1. The molecule has 162 valence electrons. The SMILES string of the molecule is CC(C)c1ccc(S(=O)(=O)c2ccc(NNS(=O)(=O)/C=C/c3ccccc3)cc2)cc1. The second kappa shape index (κ2) is 9.47. The van der Waals surface area contributed by atoms with Gasteiger partial charge >= 0.3 is 0 Å². The molecule has 0 fully saturated rings. The highest BCUT2D eigenvalue weighted by molar-refractivity contribution is 7.92. The van der Waals surface area contributed by atoms with Crippen LogP contribution >= 0.6 is 0 Å². The van der Waals surface area contributed by atoms with Crippen LogP contribution in [0.15, 0.2) is 94.1 Å². The number of rotatable bonds is 8. The first-order chi connectivity index (χ1) is 14.7. The molecule has 0 spiro atoms. The van der Waals surface area contributed by atoms with Gasteiger partial charge in [-0.3, -0.25) is 0 Å². The molecule has 0 aliphatic carbocycles. The zero-order valence-corrected chi connectivity index (χ0v) is 18.8. The minimum atomic E-state index is -3.73. The minimum absolute atomic E-state index is 0.127. The predicted octanol–water partition coefficient (Wildman–Crippen LogP) is 4.56. The summed E-state index contributed by atoms with van der Waals surface area (Å²) in [6, 6.07) is 21.7. The number of sulfone groups is 1. The highest BCUT2D eigenvalue weighted by Gasteiger charge is 2.17. The molecule has 0 heterocycles. The quantitative estimate of drug-likeness (QED) is 0.485. The fourth-order valence-electron chi connectivity index (χ4n) is 2.78. The summed E-state index contributed by atoms with van der Waals surface area (Å²) in [6.07, 6.45) is 1.48. The first-order valence-electron chi connectivity index (χ1n) is 9.63. The Labute approximate surface area is 183 Å². The molecule has 0 atom stereocenters. The van der Waals surface area contributed by atoms with Crippen LogP contribution in [0.4, 0.5) is 5.69 Å². The Hall–Kier alpha value is -2.94. The molecule has 0 saturated carbocycles. The van der Waals surface area contributed by atoms with Crippen LogP contribution in [0.5, 0.6) is 0 Å². The maximum atomic E-state index is 12.8. The van der Waals surface area contributed by atoms with Crippen molar-refractivity contribution in [2.24, 2.45) is 0 Å². The molecule has 3 aromatic rings. The molecule has 3 aromatic carbocycles. The zero-order valence-electron chi connectivity index (χ0n) is 17.2. The molecule has 0 radical (unpaired) electrons. The Morgan fingerprint density at radius 1 is 0.742 bits per heavy atom. The Bertz CT molecular complexity index is 1250. The Morgan fingerprint density at radius 2 is 1.29 bits per heavy atom. The lowest BCUT2D eigenvalue weighted by Crippen LogP contribution is -2.27. The van der Waals surface area contributed by atoms with E-state index in [1.807, 2.05) is 44.2 Å². The van der Waals surface area contributed by atoms with Crippen LogP contribution in [0.3, 0.4) is 0 Å². The molecule has 0 unspecified atom stereocenters. The number of anilines is 1. The van der Waals surface area contributed by atoms with Gasteiger partial charge < -0.3 is 5.43 Å². The molecule has 0 aliphatic rings. The molecule has 0 saturated heterocycles. The summed E-state index contributed by atoms with van der Waals surface area (Å²) in [4.78, 5) is 2.58. The molecule has 0 amide bonds. The summed E-state index contributed by atoms with van der Waals surface area (Å²) in [6.45, 7) is 4.09. The second-order valence-corrected chi connectivity index (χ2v) is 10.8. The van der Waals surface area contributed by atoms with Crippen LogP contribution in [0.2, 0.25) is 0 Å². The molecule has 8 heteroatoms. The van der Waals surface area contributed by atoms with Gasteiger partial charge in [0.05, 0.1) is 9.79 Å². The van der Waals surface area contributed by atoms with E-state index in [1.165, 1.54) is 30.3 Å². The van der Waals surface area contributed by atoms with Gasteiger partial charge in [-0.1, -0.05) is 56.3 Å². The molecule has 31 heavy (non-hydrogen) atoms. The van der Waals surface area contributed by atoms with E-state index < -0.39 is 19.9 Å². The van der Waals surface area contributed by atoms with Crippen molar-refractivity contribution in [1.82, 2.24) is 4.83 Å². The van der Waals surface area contributed by atoms with Gasteiger partial charge in [0.2, 0.25) is 19.9 Å². The van der Waals surface area contributed by atoms with Crippen molar-refractivity contribution in [3.63, 3.8) is 0 Å². The van der Waals surface area contributed by atoms with Crippen molar-refractivity contribution < 1.29 is 16.8 Å². The van der Waals surface area contributed by atoms with E-state index in [4.69, 9.17) is 0 Å². The average Bonchev–Trinajstić information content (AvgIpc) is 2.77. The van der Waals surface area contributed by atoms with Gasteiger partial charge in [0.25, 0.3) is 0 Å². The lowest BCUT2D eigenvalue weighted by molar-refractivity contribution is 0.594. The summed E-state index contributed by atoms with van der Waals surface area (Å²) in [5.41, 5.74) is 4.80. The largest absolute Gasteiger partial charge is 0.308 e. The highest BCUT2D eigenvalue weighted by Crippen LogP contribution is 2.24. The van der Waals surface area contributed by atoms with Crippen molar-refractivity contribution in [3.8, 4) is 0 Å². The standard InChI is InChI=1S/C23H24N2O4S2/c1-18(2)20-8-12-22(13-9-20)31(28,29)23-14-10-21(11-15-23)24-25-30(26,27)17-16-19-6-4-3-5-7-19/h3-18,24-25H,1-2H3/b17-16+. The highest BCUT2D eigenvalue weighted by atomic mass is 32.2. The van der Waals surface area contributed by atoms with Crippen molar-refractivity contribution in [2.75, 3.05) is 5.43 Å². The predicted molar refractivity (Wildman–Crippen MR) is 124 cm³/mol. The third-order valence-electron chi connectivity index (χ3n) is 4.60. The summed E-state index contributed by atoms with van der Waals surface area (Å²) >= 11 is 0. The fourth-order valence-corrected chi connectivity index (χ4v) is 4.71. The van der Waals surface area contributed by atoms with Crippen molar-refractivity contribution in [3.05, 3.63) is 95.4 Å². The molecular formula is C23H24N2O4S2. The van der Waals surface area contributed by atoms with E-state index in [-0.39, 0.29) is 9.79 Å². The van der Waals surface area contributed by atoms with Gasteiger partial charge in [0.15, 0.2) is 0 Å². The van der Waals surface area contributed by atoms with Gasteiger partial charge in [-0.25, -0.2) is 16.8 Å². The lowest BCUT2D eigenvalue weighted by Gasteiger charge is -2.10. The maximum Gasteiger partial charge on any atom is 0.250 e. The lowest BCUT2D eigenvalue weighted by atomic mass is 10.0. The number of hydrazine groups is 1. The summed E-state index contributed by atoms with van der Waals surface area (Å²) in [7, 11) is -7.39. The molecule has 3 rings (SSSR count). The third-order valence-corrected chi connectivity index (χ3v) is 7.27. The Balaban J connectivity index is 1.67. The van der Waals surface area contributed by atoms with E-state index >= 15 is 0 Å². The third kappa shape index (κ3) is 6.04. The number of benzene rings is 3. The van der Waals surface area contributed by atoms with E-state index in [9.17, 15) is 16.8 Å². The van der Waals surface area contributed by atoms with Gasteiger partial charge in [0, 0.05) is 11.1 Å². The molecular weight excluding hydrogens is 432 g/mol. The van der Waals surface area contributed by atoms with Gasteiger partial charge in [-0.2, -0.15) is 0 Å². The van der Waals surface area contributed by atoms with Crippen molar-refractivity contribution in [1.29, 1.82) is 0 Å². The molecule has 6 nitrogen and oxygen atoms in total. The first kappa shape index (κ1) is 22.7. The van der Waals surface area contributed by atoms with Crippen LogP contribution in [-0.2, 0) is 19.9 Å². The average molecular weight is 457 g/mol. The van der Waals surface area contributed by atoms with Crippen LogP contribution < -0.4 is 10.3 Å². The van der Waals surface area contributed by atoms with E-state index in [0.717, 1.165) is 16.5 Å². The van der Waals surface area contributed by atoms with E-state index in [0.29, 0.717) is 11.6 Å². The topological polar surface area (TPSA) is 92.3 Å². The maximum absolute atomic E-state index is 12.8.